The number of hydrogen-bond acceptors (Lipinski definition) is 6. The van der Waals surface area contributed by atoms with Crippen LogP contribution >= 0.6 is 11.8 Å². The van der Waals surface area contributed by atoms with E-state index in [1.807, 2.05) is 24.3 Å². The minimum absolute atomic E-state index is 0.146. The van der Waals surface area contributed by atoms with E-state index in [2.05, 4.69) is 20.8 Å². The van der Waals surface area contributed by atoms with E-state index in [1.165, 1.54) is 23.9 Å². The van der Waals surface area contributed by atoms with Crippen LogP contribution < -0.4 is 10.1 Å². The number of rotatable bonds is 7. The zero-order valence-corrected chi connectivity index (χ0v) is 15.6. The summed E-state index contributed by atoms with van der Waals surface area (Å²) in [5.74, 6) is -0.0417. The second kappa shape index (κ2) is 8.63. The molecule has 0 aliphatic heterocycles. The van der Waals surface area contributed by atoms with E-state index < -0.39 is 11.1 Å². The fraction of sp³-hybridized carbons (Fsp3) is 0.222. The van der Waals surface area contributed by atoms with Gasteiger partial charge in [-0.15, -0.1) is 5.10 Å². The van der Waals surface area contributed by atoms with Crippen LogP contribution in [0.3, 0.4) is 0 Å². The van der Waals surface area contributed by atoms with Gasteiger partial charge in [0.15, 0.2) is 0 Å². The molecule has 2 aromatic carbocycles. The normalized spacial score (nSPS) is 11.8. The summed E-state index contributed by atoms with van der Waals surface area (Å²) in [5, 5.41) is 14.2. The molecule has 0 aliphatic carbocycles. The van der Waals surface area contributed by atoms with Crippen molar-refractivity contribution in [3.63, 3.8) is 0 Å². The van der Waals surface area contributed by atoms with E-state index in [0.717, 1.165) is 11.3 Å². The molecule has 0 bridgehead atoms. The molecule has 9 heteroatoms. The number of nitrogens with zero attached hydrogens (tertiary/aromatic N) is 4. The minimum atomic E-state index is -0.509. The topological polar surface area (TPSA) is 81.9 Å². The molecule has 0 radical (unpaired) electrons. The highest BCUT2D eigenvalue weighted by Gasteiger charge is 2.19. The molecule has 1 N–H and O–H groups in total. The van der Waals surface area contributed by atoms with Gasteiger partial charge in [0, 0.05) is 0 Å². The number of ether oxygens (including phenoxy) is 1. The molecule has 3 rings (SSSR count). The molecule has 0 saturated carbocycles. The molecule has 1 atom stereocenters. The number of thioether (sulfide) groups is 1. The maximum absolute atomic E-state index is 13.7. The Hall–Kier alpha value is -2.94. The fourth-order valence-electron chi connectivity index (χ4n) is 2.29. The van der Waals surface area contributed by atoms with Gasteiger partial charge in [-0.2, -0.15) is 0 Å². The van der Waals surface area contributed by atoms with Crippen molar-refractivity contribution in [3.8, 4) is 5.75 Å². The summed E-state index contributed by atoms with van der Waals surface area (Å²) in [6, 6.07) is 13.6. The number of halogens is 1. The number of benzene rings is 2. The number of methoxy groups -OCH3 is 1. The average Bonchev–Trinajstić information content (AvgIpc) is 3.10. The number of nitrogens with one attached hydrogen (secondary N) is 1. The monoisotopic (exact) mass is 387 g/mol. The lowest BCUT2D eigenvalue weighted by molar-refractivity contribution is -0.115. The Labute approximate surface area is 159 Å². The van der Waals surface area contributed by atoms with Crippen LogP contribution in [0.25, 0.3) is 0 Å². The first-order valence-electron chi connectivity index (χ1n) is 8.18. The van der Waals surface area contributed by atoms with Gasteiger partial charge in [-0.3, -0.25) is 4.79 Å². The highest BCUT2D eigenvalue weighted by atomic mass is 32.2. The van der Waals surface area contributed by atoms with Crippen LogP contribution in [0.2, 0.25) is 0 Å². The van der Waals surface area contributed by atoms with Crippen LogP contribution in [-0.4, -0.2) is 38.5 Å². The largest absolute Gasteiger partial charge is 0.497 e. The van der Waals surface area contributed by atoms with Crippen molar-refractivity contribution in [1.82, 2.24) is 20.2 Å². The summed E-state index contributed by atoms with van der Waals surface area (Å²) >= 11 is 1.20. The van der Waals surface area contributed by atoms with Gasteiger partial charge in [0.1, 0.15) is 11.6 Å². The fourth-order valence-corrected chi connectivity index (χ4v) is 3.08. The van der Waals surface area contributed by atoms with Gasteiger partial charge in [-0.25, -0.2) is 9.07 Å². The van der Waals surface area contributed by atoms with Gasteiger partial charge >= 0.3 is 0 Å². The summed E-state index contributed by atoms with van der Waals surface area (Å²) in [5.41, 5.74) is 1.14. The second-order valence-electron chi connectivity index (χ2n) is 5.70. The van der Waals surface area contributed by atoms with Crippen LogP contribution in [0.4, 0.5) is 10.1 Å². The molecule has 1 heterocycles. The molecule has 1 amide bonds. The van der Waals surface area contributed by atoms with Crippen molar-refractivity contribution in [2.75, 3.05) is 12.4 Å². The SMILES string of the molecule is COc1ccc(Cn2nnnc2SC(C)C(=O)Nc2ccccc2F)cc1. The number of aromatic nitrogens is 4. The molecule has 1 aromatic heterocycles. The van der Waals surface area contributed by atoms with Crippen molar-refractivity contribution in [2.45, 2.75) is 23.9 Å². The Bertz CT molecular complexity index is 916. The van der Waals surface area contributed by atoms with Gasteiger partial charge in [-0.1, -0.05) is 36.0 Å². The first kappa shape index (κ1) is 18.8. The van der Waals surface area contributed by atoms with Crippen LogP contribution in [0.15, 0.2) is 53.7 Å². The van der Waals surface area contributed by atoms with Gasteiger partial charge < -0.3 is 10.1 Å². The minimum Gasteiger partial charge on any atom is -0.497 e. The molecular formula is C18H18FN5O2S. The highest BCUT2D eigenvalue weighted by molar-refractivity contribution is 8.00. The number of hydrogen-bond donors (Lipinski definition) is 1. The summed E-state index contributed by atoms with van der Waals surface area (Å²) < 4.78 is 20.4. The molecule has 140 valence electrons. The van der Waals surface area contributed by atoms with Crippen molar-refractivity contribution < 1.29 is 13.9 Å². The van der Waals surface area contributed by atoms with Crippen LogP contribution in [0, 0.1) is 5.82 Å². The Morgan fingerprint density at radius 2 is 2.00 bits per heavy atom. The van der Waals surface area contributed by atoms with Gasteiger partial charge in [0.05, 0.1) is 24.6 Å². The summed E-state index contributed by atoms with van der Waals surface area (Å²) in [4.78, 5) is 12.3. The number of tetrazole rings is 1. The van der Waals surface area contributed by atoms with Crippen molar-refractivity contribution in [1.29, 1.82) is 0 Å². The maximum Gasteiger partial charge on any atom is 0.237 e. The van der Waals surface area contributed by atoms with E-state index in [4.69, 9.17) is 4.74 Å². The van der Waals surface area contributed by atoms with E-state index in [9.17, 15) is 9.18 Å². The van der Waals surface area contributed by atoms with Crippen LogP contribution in [-0.2, 0) is 11.3 Å². The third-order valence-electron chi connectivity index (χ3n) is 3.77. The number of amides is 1. The highest BCUT2D eigenvalue weighted by Crippen LogP contribution is 2.23. The summed E-state index contributed by atoms with van der Waals surface area (Å²) in [6.07, 6.45) is 0. The standard InChI is InChI=1S/C18H18FN5O2S/c1-12(17(25)20-16-6-4-3-5-15(16)19)27-18-21-22-23-24(18)11-13-7-9-14(26-2)10-8-13/h3-10,12H,11H2,1-2H3,(H,20,25). The predicted molar refractivity (Wildman–Crippen MR) is 100 cm³/mol. The van der Waals surface area contributed by atoms with E-state index in [0.29, 0.717) is 11.7 Å². The van der Waals surface area contributed by atoms with Crippen molar-refractivity contribution in [2.24, 2.45) is 0 Å². The number of carbonyl (C=O) groups is 1. The van der Waals surface area contributed by atoms with Crippen molar-refractivity contribution in [3.05, 3.63) is 59.9 Å². The number of carbonyl (C=O) groups excluding carboxylic acids is 1. The van der Waals surface area contributed by atoms with Gasteiger partial charge in [-0.05, 0) is 47.2 Å². The maximum atomic E-state index is 13.7. The van der Waals surface area contributed by atoms with Crippen LogP contribution in [0.5, 0.6) is 5.75 Å². The molecule has 0 saturated heterocycles. The lowest BCUT2D eigenvalue weighted by atomic mass is 10.2. The number of anilines is 1. The second-order valence-corrected chi connectivity index (χ2v) is 7.00. The average molecular weight is 387 g/mol. The third-order valence-corrected chi connectivity index (χ3v) is 4.84. The molecule has 0 aliphatic rings. The van der Waals surface area contributed by atoms with E-state index in [1.54, 1.807) is 30.8 Å². The van der Waals surface area contributed by atoms with Gasteiger partial charge in [0.2, 0.25) is 11.1 Å². The lowest BCUT2D eigenvalue weighted by Gasteiger charge is -2.12. The van der Waals surface area contributed by atoms with E-state index >= 15 is 0 Å². The summed E-state index contributed by atoms with van der Waals surface area (Å²) in [7, 11) is 1.61. The predicted octanol–water partition coefficient (Wildman–Crippen LogP) is 2.99. The van der Waals surface area contributed by atoms with Gasteiger partial charge in [0.25, 0.3) is 0 Å². The molecule has 7 nitrogen and oxygen atoms in total. The van der Waals surface area contributed by atoms with E-state index in [-0.39, 0.29) is 11.6 Å². The third kappa shape index (κ3) is 4.82. The molecular weight excluding hydrogens is 369 g/mol. The first-order valence-corrected chi connectivity index (χ1v) is 9.06. The smallest absolute Gasteiger partial charge is 0.237 e. The summed E-state index contributed by atoms with van der Waals surface area (Å²) in [6.45, 7) is 2.17. The van der Waals surface area contributed by atoms with Crippen LogP contribution in [0.1, 0.15) is 12.5 Å². The zero-order valence-electron chi connectivity index (χ0n) is 14.8. The first-order chi connectivity index (χ1) is 13.1. The zero-order chi connectivity index (χ0) is 19.2. The Balaban J connectivity index is 1.64. The number of para-hydroxylation sites is 1. The quantitative estimate of drug-likeness (QED) is 0.628. The molecule has 3 aromatic rings. The molecule has 1 unspecified atom stereocenters. The lowest BCUT2D eigenvalue weighted by Crippen LogP contribution is -2.23. The Kier molecular flexibility index (Phi) is 6.02. The Morgan fingerprint density at radius 1 is 1.26 bits per heavy atom. The van der Waals surface area contributed by atoms with Crippen molar-refractivity contribution >= 4 is 23.4 Å². The molecule has 0 fully saturated rings. The Morgan fingerprint density at radius 3 is 2.70 bits per heavy atom. The molecule has 27 heavy (non-hydrogen) atoms. The molecule has 0 spiro atoms.